The topological polar surface area (TPSA) is 25.8 Å². The third-order valence-electron chi connectivity index (χ3n) is 4.26. The normalized spacial score (nSPS) is 11.5. The summed E-state index contributed by atoms with van der Waals surface area (Å²) in [4.78, 5) is 11.2. The zero-order chi connectivity index (χ0) is 17.7. The van der Waals surface area contributed by atoms with Gasteiger partial charge in [-0.15, -0.1) is 11.3 Å². The van der Waals surface area contributed by atoms with E-state index in [9.17, 15) is 0 Å². The van der Waals surface area contributed by atoms with E-state index in [1.165, 1.54) is 0 Å². The molecule has 0 aliphatic rings. The van der Waals surface area contributed by atoms with Crippen molar-refractivity contribution in [3.63, 3.8) is 0 Å². The summed E-state index contributed by atoms with van der Waals surface area (Å²) in [6, 6.07) is 14.5. The van der Waals surface area contributed by atoms with Crippen LogP contribution in [0.3, 0.4) is 0 Å². The molecule has 5 aromatic rings. The Morgan fingerprint density at radius 3 is 2.00 bits per heavy atom. The van der Waals surface area contributed by atoms with Crippen molar-refractivity contribution < 1.29 is 0 Å². The smallest absolute Gasteiger partial charge is 0.107 e. The van der Waals surface area contributed by atoms with Gasteiger partial charge in [-0.25, -0.2) is 9.97 Å². The molecule has 3 heterocycles. The molecule has 26 heavy (non-hydrogen) atoms. The molecular formula is C20H10Br2N2S2. The Morgan fingerprint density at radius 2 is 1.42 bits per heavy atom. The van der Waals surface area contributed by atoms with Crippen LogP contribution >= 0.6 is 54.5 Å². The van der Waals surface area contributed by atoms with E-state index in [4.69, 9.17) is 9.97 Å². The maximum Gasteiger partial charge on any atom is 0.107 e. The van der Waals surface area contributed by atoms with Crippen LogP contribution in [-0.4, -0.2) is 9.97 Å². The SMILES string of the molecule is Brc1c2ccccc2c(Br)c2nc(-c3cccs3)c(-c3ccsc3)nc12. The second-order valence-corrected chi connectivity index (χ2v) is 9.09. The van der Waals surface area contributed by atoms with Gasteiger partial charge in [0.05, 0.1) is 19.5 Å². The van der Waals surface area contributed by atoms with Gasteiger partial charge in [0, 0.05) is 10.9 Å². The molecule has 0 fully saturated rings. The molecule has 5 rings (SSSR count). The number of hydrogen-bond acceptors (Lipinski definition) is 4. The summed E-state index contributed by atoms with van der Waals surface area (Å²) in [6.45, 7) is 0. The van der Waals surface area contributed by atoms with Gasteiger partial charge in [-0.05, 0) is 65.5 Å². The first-order valence-corrected chi connectivity index (χ1v) is 11.3. The number of nitrogens with zero attached hydrogens (tertiary/aromatic N) is 2. The molecule has 0 bridgehead atoms. The maximum atomic E-state index is 5.06. The molecule has 0 aliphatic carbocycles. The van der Waals surface area contributed by atoms with Gasteiger partial charge in [0.25, 0.3) is 0 Å². The molecule has 0 saturated heterocycles. The third kappa shape index (κ3) is 2.55. The summed E-state index contributed by atoms with van der Waals surface area (Å²) in [5.74, 6) is 0. The molecule has 0 radical (unpaired) electrons. The fourth-order valence-corrected chi connectivity index (χ4v) is 5.65. The quantitative estimate of drug-likeness (QED) is 0.231. The Balaban J connectivity index is 1.96. The molecule has 126 valence electrons. The van der Waals surface area contributed by atoms with E-state index in [1.54, 1.807) is 22.7 Å². The van der Waals surface area contributed by atoms with Gasteiger partial charge in [-0.3, -0.25) is 0 Å². The Hall–Kier alpha value is -1.60. The highest BCUT2D eigenvalue weighted by Crippen LogP contribution is 2.41. The van der Waals surface area contributed by atoms with Crippen molar-refractivity contribution in [3.8, 4) is 21.8 Å². The lowest BCUT2D eigenvalue weighted by Crippen LogP contribution is -1.96. The first-order chi connectivity index (χ1) is 12.7. The van der Waals surface area contributed by atoms with Crippen LogP contribution in [-0.2, 0) is 0 Å². The van der Waals surface area contributed by atoms with Crippen LogP contribution in [0.5, 0.6) is 0 Å². The molecule has 0 N–H and O–H groups in total. The van der Waals surface area contributed by atoms with E-state index < -0.39 is 0 Å². The number of rotatable bonds is 2. The first-order valence-electron chi connectivity index (χ1n) is 7.88. The average Bonchev–Trinajstić information content (AvgIpc) is 3.39. The minimum atomic E-state index is 0.872. The first kappa shape index (κ1) is 16.6. The van der Waals surface area contributed by atoms with Gasteiger partial charge >= 0.3 is 0 Å². The lowest BCUT2D eigenvalue weighted by Gasteiger charge is -2.12. The van der Waals surface area contributed by atoms with E-state index in [2.05, 4.69) is 78.3 Å². The van der Waals surface area contributed by atoms with Crippen LogP contribution in [0, 0.1) is 0 Å². The molecule has 3 aromatic heterocycles. The number of benzene rings is 2. The molecule has 0 amide bonds. The van der Waals surface area contributed by atoms with E-state index in [1.807, 2.05) is 12.1 Å². The highest BCUT2D eigenvalue weighted by atomic mass is 79.9. The third-order valence-corrected chi connectivity index (χ3v) is 7.43. The molecule has 2 aromatic carbocycles. The van der Waals surface area contributed by atoms with Crippen molar-refractivity contribution in [2.24, 2.45) is 0 Å². The Bertz CT molecular complexity index is 1150. The molecule has 0 spiro atoms. The standard InChI is InChI=1S/C20H10Br2N2S2/c21-15-12-4-1-2-5-13(12)16(22)20-19(15)23-17(11-7-9-25-10-11)18(24-20)14-6-3-8-26-14/h1-10H. The monoisotopic (exact) mass is 500 g/mol. The molecule has 0 atom stereocenters. The largest absolute Gasteiger partial charge is 0.243 e. The highest BCUT2D eigenvalue weighted by Gasteiger charge is 2.19. The highest BCUT2D eigenvalue weighted by molar-refractivity contribution is 9.11. The van der Waals surface area contributed by atoms with E-state index >= 15 is 0 Å². The summed E-state index contributed by atoms with van der Waals surface area (Å²) in [5, 5.41) is 8.52. The Kier molecular flexibility index (Phi) is 4.16. The van der Waals surface area contributed by atoms with Crippen LogP contribution < -0.4 is 0 Å². The van der Waals surface area contributed by atoms with Crippen molar-refractivity contribution in [2.45, 2.75) is 0 Å². The number of thiophene rings is 2. The Labute approximate surface area is 174 Å². The summed E-state index contributed by atoms with van der Waals surface area (Å²) in [6.07, 6.45) is 0. The van der Waals surface area contributed by atoms with Gasteiger partial charge in [0.1, 0.15) is 16.7 Å². The summed E-state index contributed by atoms with van der Waals surface area (Å²) in [5.41, 5.74) is 4.69. The second-order valence-electron chi connectivity index (χ2n) is 5.78. The van der Waals surface area contributed by atoms with Crippen LogP contribution in [0.15, 0.2) is 67.6 Å². The summed E-state index contributed by atoms with van der Waals surface area (Å²) < 4.78 is 1.96. The lowest BCUT2D eigenvalue weighted by molar-refractivity contribution is 1.30. The molecule has 2 nitrogen and oxygen atoms in total. The van der Waals surface area contributed by atoms with Crippen LogP contribution in [0.4, 0.5) is 0 Å². The molecule has 0 aliphatic heterocycles. The molecule has 0 unspecified atom stereocenters. The zero-order valence-corrected chi connectivity index (χ0v) is 18.0. The molecular weight excluding hydrogens is 492 g/mol. The number of aromatic nitrogens is 2. The van der Waals surface area contributed by atoms with E-state index in [0.717, 1.165) is 52.6 Å². The number of hydrogen-bond donors (Lipinski definition) is 0. The maximum absolute atomic E-state index is 5.06. The predicted octanol–water partition coefficient (Wildman–Crippen LogP) is 7.77. The zero-order valence-electron chi connectivity index (χ0n) is 13.2. The van der Waals surface area contributed by atoms with Crippen molar-refractivity contribution in [1.82, 2.24) is 9.97 Å². The van der Waals surface area contributed by atoms with Gasteiger partial charge in [0.15, 0.2) is 0 Å². The fourth-order valence-electron chi connectivity index (χ4n) is 3.05. The van der Waals surface area contributed by atoms with Gasteiger partial charge < -0.3 is 0 Å². The van der Waals surface area contributed by atoms with Gasteiger partial charge in [-0.1, -0.05) is 30.3 Å². The fraction of sp³-hybridized carbons (Fsp3) is 0. The van der Waals surface area contributed by atoms with Gasteiger partial charge in [0.2, 0.25) is 0 Å². The molecule has 0 saturated carbocycles. The average molecular weight is 502 g/mol. The second kappa shape index (κ2) is 6.53. The van der Waals surface area contributed by atoms with E-state index in [-0.39, 0.29) is 0 Å². The number of fused-ring (bicyclic) bond motifs is 2. The Morgan fingerprint density at radius 1 is 0.731 bits per heavy atom. The van der Waals surface area contributed by atoms with Crippen LogP contribution in [0.2, 0.25) is 0 Å². The summed E-state index contributed by atoms with van der Waals surface area (Å²) in [7, 11) is 0. The van der Waals surface area contributed by atoms with Crippen LogP contribution in [0.1, 0.15) is 0 Å². The van der Waals surface area contributed by atoms with Crippen molar-refractivity contribution in [1.29, 1.82) is 0 Å². The van der Waals surface area contributed by atoms with E-state index in [0.29, 0.717) is 0 Å². The van der Waals surface area contributed by atoms with Crippen LogP contribution in [0.25, 0.3) is 43.6 Å². The van der Waals surface area contributed by atoms with Crippen molar-refractivity contribution in [3.05, 3.63) is 67.6 Å². The molecule has 6 heteroatoms. The summed E-state index contributed by atoms with van der Waals surface area (Å²) >= 11 is 10.9. The minimum Gasteiger partial charge on any atom is -0.243 e. The number of halogens is 2. The van der Waals surface area contributed by atoms with Crippen molar-refractivity contribution >= 4 is 76.3 Å². The van der Waals surface area contributed by atoms with Gasteiger partial charge in [-0.2, -0.15) is 11.3 Å². The minimum absolute atomic E-state index is 0.872. The lowest BCUT2D eigenvalue weighted by atomic mass is 10.1. The van der Waals surface area contributed by atoms with Crippen molar-refractivity contribution in [2.75, 3.05) is 0 Å². The predicted molar refractivity (Wildman–Crippen MR) is 119 cm³/mol.